The molecule has 0 bridgehead atoms. The third kappa shape index (κ3) is 4.25. The number of carbonyl (C=O) groups excluding carboxylic acids is 1. The maximum absolute atomic E-state index is 12.6. The van der Waals surface area contributed by atoms with Gasteiger partial charge < -0.3 is 5.32 Å². The second kappa shape index (κ2) is 7.32. The number of hydrogen-bond donors (Lipinski definition) is 1. The van der Waals surface area contributed by atoms with Crippen molar-refractivity contribution in [3.8, 4) is 0 Å². The molecule has 1 rings (SSSR count). The van der Waals surface area contributed by atoms with Crippen LogP contribution in [0.5, 0.6) is 0 Å². The molecule has 0 radical (unpaired) electrons. The van der Waals surface area contributed by atoms with Crippen LogP contribution in [0.4, 0.5) is 5.69 Å². The predicted molar refractivity (Wildman–Crippen MR) is 80.8 cm³/mol. The standard InChI is InChI=1S/C13H19N3O5S/c1-4-15(9-13(17)14-10(2)3)22(20,21)12-8-6-5-7-11(12)16(18)19/h5-8,10H,4,9H2,1-3H3,(H,14,17). The largest absolute Gasteiger partial charge is 0.353 e. The molecular weight excluding hydrogens is 310 g/mol. The Morgan fingerprint density at radius 3 is 2.45 bits per heavy atom. The summed E-state index contributed by atoms with van der Waals surface area (Å²) in [5.41, 5.74) is -0.509. The van der Waals surface area contributed by atoms with Gasteiger partial charge in [-0.05, 0) is 19.9 Å². The lowest BCUT2D eigenvalue weighted by Crippen LogP contribution is -2.42. The zero-order valence-corrected chi connectivity index (χ0v) is 13.5. The molecule has 0 atom stereocenters. The van der Waals surface area contributed by atoms with Crippen LogP contribution < -0.4 is 5.32 Å². The van der Waals surface area contributed by atoms with E-state index in [4.69, 9.17) is 0 Å². The van der Waals surface area contributed by atoms with Crippen LogP contribution in [0.3, 0.4) is 0 Å². The molecule has 22 heavy (non-hydrogen) atoms. The molecule has 122 valence electrons. The fourth-order valence-electron chi connectivity index (χ4n) is 1.86. The lowest BCUT2D eigenvalue weighted by atomic mass is 10.3. The first-order valence-electron chi connectivity index (χ1n) is 6.73. The van der Waals surface area contributed by atoms with Gasteiger partial charge in [0.25, 0.3) is 5.69 Å². The Bertz CT molecular complexity index is 657. The molecule has 0 saturated heterocycles. The maximum atomic E-state index is 12.6. The van der Waals surface area contributed by atoms with E-state index < -0.39 is 31.4 Å². The van der Waals surface area contributed by atoms with Gasteiger partial charge in [0, 0.05) is 18.7 Å². The smallest absolute Gasteiger partial charge is 0.289 e. The lowest BCUT2D eigenvalue weighted by Gasteiger charge is -2.20. The van der Waals surface area contributed by atoms with Crippen LogP contribution in [0, 0.1) is 10.1 Å². The molecule has 0 aromatic heterocycles. The topological polar surface area (TPSA) is 110 Å². The van der Waals surface area contributed by atoms with E-state index in [1.807, 2.05) is 0 Å². The number of benzene rings is 1. The summed E-state index contributed by atoms with van der Waals surface area (Å²) in [6.07, 6.45) is 0. The Morgan fingerprint density at radius 2 is 1.95 bits per heavy atom. The van der Waals surface area contributed by atoms with E-state index in [0.717, 1.165) is 16.4 Å². The number of amides is 1. The van der Waals surface area contributed by atoms with Gasteiger partial charge in [-0.3, -0.25) is 14.9 Å². The van der Waals surface area contributed by atoms with Crippen LogP contribution in [-0.2, 0) is 14.8 Å². The van der Waals surface area contributed by atoms with Crippen LogP contribution in [0.2, 0.25) is 0 Å². The molecule has 0 fully saturated rings. The average Bonchev–Trinajstić information content (AvgIpc) is 2.43. The molecule has 0 aliphatic carbocycles. The third-order valence-corrected chi connectivity index (χ3v) is 4.77. The van der Waals surface area contributed by atoms with E-state index in [-0.39, 0.29) is 19.1 Å². The minimum Gasteiger partial charge on any atom is -0.353 e. The number of hydrogen-bond acceptors (Lipinski definition) is 5. The van der Waals surface area contributed by atoms with Gasteiger partial charge in [0.1, 0.15) is 0 Å². The Kier molecular flexibility index (Phi) is 6.01. The molecule has 8 nitrogen and oxygen atoms in total. The van der Waals surface area contributed by atoms with Crippen LogP contribution in [0.1, 0.15) is 20.8 Å². The molecule has 1 amide bonds. The lowest BCUT2D eigenvalue weighted by molar-refractivity contribution is -0.387. The van der Waals surface area contributed by atoms with E-state index in [1.54, 1.807) is 20.8 Å². The highest BCUT2D eigenvalue weighted by atomic mass is 32.2. The second-order valence-electron chi connectivity index (χ2n) is 4.88. The number of nitrogens with zero attached hydrogens (tertiary/aromatic N) is 2. The minimum absolute atomic E-state index is 0.0277. The monoisotopic (exact) mass is 329 g/mol. The maximum Gasteiger partial charge on any atom is 0.289 e. The summed E-state index contributed by atoms with van der Waals surface area (Å²) in [4.78, 5) is 21.6. The Balaban J connectivity index is 3.15. The first-order valence-corrected chi connectivity index (χ1v) is 8.17. The average molecular weight is 329 g/mol. The van der Waals surface area contributed by atoms with Crippen LogP contribution in [0.25, 0.3) is 0 Å². The number of nitro benzene ring substituents is 1. The number of sulfonamides is 1. The summed E-state index contributed by atoms with van der Waals surface area (Å²) < 4.78 is 26.0. The Morgan fingerprint density at radius 1 is 1.36 bits per heavy atom. The molecule has 0 heterocycles. The quantitative estimate of drug-likeness (QED) is 0.595. The van der Waals surface area contributed by atoms with Crippen molar-refractivity contribution >= 4 is 21.6 Å². The highest BCUT2D eigenvalue weighted by Crippen LogP contribution is 2.25. The molecule has 0 aliphatic rings. The van der Waals surface area contributed by atoms with Gasteiger partial charge in [0.05, 0.1) is 11.5 Å². The molecule has 9 heteroatoms. The van der Waals surface area contributed by atoms with Crippen LogP contribution >= 0.6 is 0 Å². The van der Waals surface area contributed by atoms with E-state index >= 15 is 0 Å². The van der Waals surface area contributed by atoms with Gasteiger partial charge in [-0.2, -0.15) is 4.31 Å². The summed E-state index contributed by atoms with van der Waals surface area (Å²) in [6.45, 7) is 4.72. The van der Waals surface area contributed by atoms with Crippen molar-refractivity contribution in [2.24, 2.45) is 0 Å². The fourth-order valence-corrected chi connectivity index (χ4v) is 3.42. The number of rotatable bonds is 7. The molecule has 1 N–H and O–H groups in total. The van der Waals surface area contributed by atoms with Crippen LogP contribution in [0.15, 0.2) is 29.2 Å². The molecule has 0 spiro atoms. The normalized spacial score (nSPS) is 11.7. The summed E-state index contributed by atoms with van der Waals surface area (Å²) in [6, 6.07) is 4.95. The number of nitrogens with one attached hydrogen (secondary N) is 1. The van der Waals surface area contributed by atoms with Crippen molar-refractivity contribution in [1.82, 2.24) is 9.62 Å². The Labute approximate surface area is 129 Å². The van der Waals surface area contributed by atoms with Gasteiger partial charge in [-0.25, -0.2) is 8.42 Å². The van der Waals surface area contributed by atoms with Crippen molar-refractivity contribution in [2.45, 2.75) is 31.7 Å². The van der Waals surface area contributed by atoms with Crippen molar-refractivity contribution in [1.29, 1.82) is 0 Å². The van der Waals surface area contributed by atoms with Gasteiger partial charge in [-0.1, -0.05) is 19.1 Å². The van der Waals surface area contributed by atoms with Crippen molar-refractivity contribution in [3.63, 3.8) is 0 Å². The molecule has 0 saturated carbocycles. The summed E-state index contributed by atoms with van der Waals surface area (Å²) in [5.74, 6) is -0.459. The SMILES string of the molecule is CCN(CC(=O)NC(C)C)S(=O)(=O)c1ccccc1[N+](=O)[O-]. The van der Waals surface area contributed by atoms with E-state index in [2.05, 4.69) is 5.32 Å². The summed E-state index contributed by atoms with van der Waals surface area (Å²) in [7, 11) is -4.13. The van der Waals surface area contributed by atoms with Crippen molar-refractivity contribution < 1.29 is 18.1 Å². The van der Waals surface area contributed by atoms with E-state index in [0.29, 0.717) is 0 Å². The number of carbonyl (C=O) groups is 1. The molecule has 1 aromatic carbocycles. The zero-order valence-electron chi connectivity index (χ0n) is 12.6. The van der Waals surface area contributed by atoms with Gasteiger partial charge in [-0.15, -0.1) is 0 Å². The zero-order chi connectivity index (χ0) is 16.9. The van der Waals surface area contributed by atoms with E-state index in [1.165, 1.54) is 12.1 Å². The van der Waals surface area contributed by atoms with Crippen molar-refractivity contribution in [2.75, 3.05) is 13.1 Å². The minimum atomic E-state index is -4.13. The second-order valence-corrected chi connectivity index (χ2v) is 6.78. The molecular formula is C13H19N3O5S. The highest BCUT2D eigenvalue weighted by Gasteiger charge is 2.31. The van der Waals surface area contributed by atoms with Gasteiger partial charge in [0.15, 0.2) is 4.90 Å². The molecule has 0 unspecified atom stereocenters. The predicted octanol–water partition coefficient (Wildman–Crippen LogP) is 1.13. The first-order chi connectivity index (χ1) is 10.2. The number of para-hydroxylation sites is 1. The Hall–Kier alpha value is -2.00. The van der Waals surface area contributed by atoms with E-state index in [9.17, 15) is 23.3 Å². The highest BCUT2D eigenvalue weighted by molar-refractivity contribution is 7.89. The number of nitro groups is 1. The summed E-state index contributed by atoms with van der Waals surface area (Å²) >= 11 is 0. The molecule has 0 aliphatic heterocycles. The fraction of sp³-hybridized carbons (Fsp3) is 0.462. The van der Waals surface area contributed by atoms with Crippen LogP contribution in [-0.4, -0.2) is 42.7 Å². The first kappa shape index (κ1) is 18.1. The molecule has 1 aromatic rings. The third-order valence-electron chi connectivity index (χ3n) is 2.80. The van der Waals surface area contributed by atoms with Crippen molar-refractivity contribution in [3.05, 3.63) is 34.4 Å². The van der Waals surface area contributed by atoms with Gasteiger partial charge in [0.2, 0.25) is 15.9 Å². The van der Waals surface area contributed by atoms with Gasteiger partial charge >= 0.3 is 0 Å². The summed E-state index contributed by atoms with van der Waals surface area (Å²) in [5, 5.41) is 13.6. The number of likely N-dealkylation sites (N-methyl/N-ethyl adjacent to an activating group) is 1.